The zero-order chi connectivity index (χ0) is 12.5. The number of aromatic nitrogens is 4. The van der Waals surface area contributed by atoms with Crippen LogP contribution in [0.1, 0.15) is 24.5 Å². The minimum atomic E-state index is 0.572. The molecule has 1 saturated carbocycles. The number of rotatable bonds is 4. The molecule has 0 aromatic carbocycles. The normalized spacial score (nSPS) is 14.6. The van der Waals surface area contributed by atoms with Gasteiger partial charge in [0.1, 0.15) is 5.82 Å². The third kappa shape index (κ3) is 2.31. The summed E-state index contributed by atoms with van der Waals surface area (Å²) in [4.78, 5) is 8.44. The van der Waals surface area contributed by atoms with Gasteiger partial charge in [-0.15, -0.1) is 0 Å². The van der Waals surface area contributed by atoms with Crippen molar-refractivity contribution in [3.63, 3.8) is 0 Å². The zero-order valence-corrected chi connectivity index (χ0v) is 11.5. The largest absolute Gasteiger partial charge is 0.357 e. The van der Waals surface area contributed by atoms with Crippen molar-refractivity contribution in [2.75, 3.05) is 17.7 Å². The van der Waals surface area contributed by atoms with Crippen LogP contribution in [-0.4, -0.2) is 27.2 Å². The van der Waals surface area contributed by atoms with Crippen LogP contribution in [0.15, 0.2) is 16.7 Å². The first-order valence-electron chi connectivity index (χ1n) is 5.79. The Balaban J connectivity index is 1.81. The van der Waals surface area contributed by atoms with Gasteiger partial charge in [0.05, 0.1) is 10.2 Å². The summed E-state index contributed by atoms with van der Waals surface area (Å²) < 4.78 is 0.809. The summed E-state index contributed by atoms with van der Waals surface area (Å²) in [5.41, 5.74) is 1.12. The minimum absolute atomic E-state index is 0.572. The molecule has 1 fully saturated rings. The van der Waals surface area contributed by atoms with Crippen LogP contribution < -0.4 is 10.6 Å². The molecule has 0 radical (unpaired) electrons. The average molecular weight is 309 g/mol. The highest BCUT2D eigenvalue weighted by molar-refractivity contribution is 9.10. The molecule has 0 bridgehead atoms. The molecule has 7 heteroatoms. The van der Waals surface area contributed by atoms with E-state index < -0.39 is 0 Å². The minimum Gasteiger partial charge on any atom is -0.357 e. The number of aromatic amines is 1. The Bertz CT molecular complexity index is 562. The fourth-order valence-corrected chi connectivity index (χ4v) is 1.98. The van der Waals surface area contributed by atoms with E-state index in [1.54, 1.807) is 13.2 Å². The van der Waals surface area contributed by atoms with E-state index in [1.165, 1.54) is 12.8 Å². The fraction of sp³-hybridized carbons (Fsp3) is 0.364. The molecule has 18 heavy (non-hydrogen) atoms. The molecule has 6 nitrogen and oxygen atoms in total. The lowest BCUT2D eigenvalue weighted by molar-refractivity contribution is 0.966. The molecule has 3 N–H and O–H groups in total. The van der Waals surface area contributed by atoms with Gasteiger partial charge in [0.2, 0.25) is 5.95 Å². The Morgan fingerprint density at radius 2 is 2.28 bits per heavy atom. The van der Waals surface area contributed by atoms with Crippen molar-refractivity contribution in [3.05, 3.63) is 22.4 Å². The van der Waals surface area contributed by atoms with Crippen LogP contribution in [0.4, 0.5) is 17.6 Å². The number of halogens is 1. The molecular formula is C11H13BrN6. The molecule has 0 aliphatic heterocycles. The predicted molar refractivity (Wildman–Crippen MR) is 73.1 cm³/mol. The van der Waals surface area contributed by atoms with Crippen LogP contribution in [0.5, 0.6) is 0 Å². The van der Waals surface area contributed by atoms with Gasteiger partial charge in [-0.1, -0.05) is 0 Å². The third-order valence-corrected chi connectivity index (χ3v) is 3.39. The standard InChI is InChI=1S/C11H13BrN6/c1-13-11-14-5-7(12)10(16-11)15-9-4-8(17-18-9)6-2-3-6/h4-6H,2-3H2,1H3,(H3,13,14,15,16,17,18). The van der Waals surface area contributed by atoms with Gasteiger partial charge < -0.3 is 10.6 Å². The molecule has 0 unspecified atom stereocenters. The summed E-state index contributed by atoms with van der Waals surface area (Å²) >= 11 is 3.42. The Morgan fingerprint density at radius 3 is 3.00 bits per heavy atom. The number of anilines is 3. The maximum absolute atomic E-state index is 4.33. The predicted octanol–water partition coefficient (Wildman–Crippen LogP) is 2.62. The highest BCUT2D eigenvalue weighted by Crippen LogP contribution is 2.39. The molecule has 0 amide bonds. The number of nitrogens with zero attached hydrogens (tertiary/aromatic N) is 3. The van der Waals surface area contributed by atoms with Crippen LogP contribution in [0.2, 0.25) is 0 Å². The van der Waals surface area contributed by atoms with E-state index in [1.807, 2.05) is 6.07 Å². The first kappa shape index (κ1) is 11.5. The first-order chi connectivity index (χ1) is 8.76. The van der Waals surface area contributed by atoms with Crippen LogP contribution in [-0.2, 0) is 0 Å². The van der Waals surface area contributed by atoms with E-state index in [0.717, 1.165) is 16.0 Å². The van der Waals surface area contributed by atoms with Crippen molar-refractivity contribution in [3.8, 4) is 0 Å². The molecule has 0 saturated heterocycles. The van der Waals surface area contributed by atoms with Crippen molar-refractivity contribution in [1.82, 2.24) is 20.2 Å². The lowest BCUT2D eigenvalue weighted by Gasteiger charge is -2.06. The van der Waals surface area contributed by atoms with Gasteiger partial charge in [-0.05, 0) is 28.8 Å². The molecule has 2 heterocycles. The van der Waals surface area contributed by atoms with Crippen LogP contribution in [0.3, 0.4) is 0 Å². The van der Waals surface area contributed by atoms with E-state index in [4.69, 9.17) is 0 Å². The highest BCUT2D eigenvalue weighted by Gasteiger charge is 2.26. The number of H-pyrrole nitrogens is 1. The summed E-state index contributed by atoms with van der Waals surface area (Å²) in [6.45, 7) is 0. The van der Waals surface area contributed by atoms with Gasteiger partial charge in [-0.3, -0.25) is 5.10 Å². The van der Waals surface area contributed by atoms with Crippen molar-refractivity contribution in [2.45, 2.75) is 18.8 Å². The second-order valence-corrected chi connectivity index (χ2v) is 5.10. The summed E-state index contributed by atoms with van der Waals surface area (Å²) in [5.74, 6) is 2.76. The van der Waals surface area contributed by atoms with Gasteiger partial charge in [0, 0.05) is 25.2 Å². The molecule has 0 atom stereocenters. The van der Waals surface area contributed by atoms with Gasteiger partial charge in [0.15, 0.2) is 5.82 Å². The SMILES string of the molecule is CNc1ncc(Br)c(Nc2cc(C3CC3)n[nH]2)n1. The Morgan fingerprint density at radius 1 is 1.44 bits per heavy atom. The fourth-order valence-electron chi connectivity index (χ4n) is 1.69. The Labute approximate surface area is 113 Å². The van der Waals surface area contributed by atoms with Gasteiger partial charge in [-0.25, -0.2) is 4.98 Å². The number of nitrogens with one attached hydrogen (secondary N) is 3. The van der Waals surface area contributed by atoms with E-state index in [2.05, 4.69) is 46.7 Å². The molecule has 1 aliphatic rings. The molecule has 94 valence electrons. The molecular weight excluding hydrogens is 296 g/mol. The summed E-state index contributed by atoms with van der Waals surface area (Å²) in [5, 5.41) is 13.4. The number of hydrogen-bond donors (Lipinski definition) is 3. The molecule has 2 aromatic heterocycles. The lowest BCUT2D eigenvalue weighted by Crippen LogP contribution is -2.01. The van der Waals surface area contributed by atoms with Crippen LogP contribution in [0, 0.1) is 0 Å². The molecule has 2 aromatic rings. The van der Waals surface area contributed by atoms with Crippen molar-refractivity contribution >= 4 is 33.5 Å². The molecule has 0 spiro atoms. The van der Waals surface area contributed by atoms with Crippen molar-refractivity contribution in [2.24, 2.45) is 0 Å². The van der Waals surface area contributed by atoms with Gasteiger partial charge in [-0.2, -0.15) is 10.1 Å². The summed E-state index contributed by atoms with van der Waals surface area (Å²) in [6.07, 6.45) is 4.19. The van der Waals surface area contributed by atoms with Crippen molar-refractivity contribution < 1.29 is 0 Å². The van der Waals surface area contributed by atoms with Crippen LogP contribution in [0.25, 0.3) is 0 Å². The van der Waals surface area contributed by atoms with E-state index in [-0.39, 0.29) is 0 Å². The maximum Gasteiger partial charge on any atom is 0.224 e. The second-order valence-electron chi connectivity index (χ2n) is 4.25. The Kier molecular flexibility index (Phi) is 2.91. The highest BCUT2D eigenvalue weighted by atomic mass is 79.9. The molecule has 1 aliphatic carbocycles. The Hall–Kier alpha value is -1.63. The summed E-state index contributed by atoms with van der Waals surface area (Å²) in [6, 6.07) is 2.03. The van der Waals surface area contributed by atoms with E-state index in [9.17, 15) is 0 Å². The zero-order valence-electron chi connectivity index (χ0n) is 9.87. The number of hydrogen-bond acceptors (Lipinski definition) is 5. The third-order valence-electron chi connectivity index (χ3n) is 2.81. The first-order valence-corrected chi connectivity index (χ1v) is 6.58. The van der Waals surface area contributed by atoms with E-state index >= 15 is 0 Å². The maximum atomic E-state index is 4.33. The lowest BCUT2D eigenvalue weighted by atomic mass is 10.3. The van der Waals surface area contributed by atoms with Crippen molar-refractivity contribution in [1.29, 1.82) is 0 Å². The second kappa shape index (κ2) is 4.56. The smallest absolute Gasteiger partial charge is 0.224 e. The van der Waals surface area contributed by atoms with Crippen LogP contribution >= 0.6 is 15.9 Å². The van der Waals surface area contributed by atoms with Gasteiger partial charge in [0.25, 0.3) is 0 Å². The van der Waals surface area contributed by atoms with E-state index in [0.29, 0.717) is 17.7 Å². The van der Waals surface area contributed by atoms with Gasteiger partial charge >= 0.3 is 0 Å². The summed E-state index contributed by atoms with van der Waals surface area (Å²) in [7, 11) is 1.79. The topological polar surface area (TPSA) is 78.5 Å². The quantitative estimate of drug-likeness (QED) is 0.809. The monoisotopic (exact) mass is 308 g/mol. The molecule has 3 rings (SSSR count). The average Bonchev–Trinajstić information content (AvgIpc) is 3.13.